The number of anilines is 4. The molecule has 3 heteroatoms. The van der Waals surface area contributed by atoms with Crippen LogP contribution in [0.5, 0.6) is 0 Å². The van der Waals surface area contributed by atoms with Gasteiger partial charge >= 0.3 is 0 Å². The molecule has 0 atom stereocenters. The quantitative estimate of drug-likeness (QED) is 0.425. The SMILES string of the molecule is Cc1ccccc1-c1cnc2c(c1)N(c1ccccc1)CN2c1ccccc1. The van der Waals surface area contributed by atoms with Crippen molar-refractivity contribution in [2.75, 3.05) is 16.5 Å². The molecule has 28 heavy (non-hydrogen) atoms. The second kappa shape index (κ2) is 6.86. The maximum atomic E-state index is 4.89. The van der Waals surface area contributed by atoms with Crippen LogP contribution in [0.3, 0.4) is 0 Å². The lowest BCUT2D eigenvalue weighted by Gasteiger charge is -2.21. The topological polar surface area (TPSA) is 19.4 Å². The number of para-hydroxylation sites is 2. The fraction of sp³-hybridized carbons (Fsp3) is 0.0800. The first kappa shape index (κ1) is 16.6. The first-order valence-corrected chi connectivity index (χ1v) is 9.52. The monoisotopic (exact) mass is 363 g/mol. The van der Waals surface area contributed by atoms with E-state index in [9.17, 15) is 0 Å². The summed E-state index contributed by atoms with van der Waals surface area (Å²) in [6.45, 7) is 2.89. The van der Waals surface area contributed by atoms with Gasteiger partial charge in [0.2, 0.25) is 0 Å². The number of aromatic nitrogens is 1. The van der Waals surface area contributed by atoms with Gasteiger partial charge in [0.05, 0.1) is 5.69 Å². The predicted octanol–water partition coefficient (Wildman–Crippen LogP) is 6.30. The third-order valence-corrected chi connectivity index (χ3v) is 5.27. The normalized spacial score (nSPS) is 12.9. The molecule has 1 aromatic heterocycles. The fourth-order valence-electron chi connectivity index (χ4n) is 3.82. The second-order valence-electron chi connectivity index (χ2n) is 7.05. The van der Waals surface area contributed by atoms with Crippen LogP contribution in [0.25, 0.3) is 11.1 Å². The molecule has 0 spiro atoms. The first-order valence-electron chi connectivity index (χ1n) is 9.52. The Kier molecular flexibility index (Phi) is 4.06. The van der Waals surface area contributed by atoms with Gasteiger partial charge in [0.25, 0.3) is 0 Å². The minimum Gasteiger partial charge on any atom is -0.320 e. The van der Waals surface area contributed by atoms with Gasteiger partial charge in [-0.1, -0.05) is 60.7 Å². The van der Waals surface area contributed by atoms with Gasteiger partial charge in [0.15, 0.2) is 5.82 Å². The van der Waals surface area contributed by atoms with E-state index in [-0.39, 0.29) is 0 Å². The zero-order chi connectivity index (χ0) is 18.9. The van der Waals surface area contributed by atoms with Crippen molar-refractivity contribution in [3.8, 4) is 11.1 Å². The lowest BCUT2D eigenvalue weighted by Crippen LogP contribution is -2.23. The van der Waals surface area contributed by atoms with Gasteiger partial charge in [-0.05, 0) is 48.4 Å². The molecular formula is C25H21N3. The van der Waals surface area contributed by atoms with Crippen LogP contribution in [0.2, 0.25) is 0 Å². The molecule has 0 amide bonds. The van der Waals surface area contributed by atoms with Gasteiger partial charge in [-0.2, -0.15) is 0 Å². The third kappa shape index (κ3) is 2.81. The summed E-state index contributed by atoms with van der Waals surface area (Å²) in [5.41, 5.74) is 7.09. The van der Waals surface area contributed by atoms with Crippen molar-refractivity contribution >= 4 is 22.9 Å². The summed E-state index contributed by atoms with van der Waals surface area (Å²) in [5, 5.41) is 0. The van der Waals surface area contributed by atoms with Gasteiger partial charge in [-0.3, -0.25) is 0 Å². The van der Waals surface area contributed by atoms with Crippen molar-refractivity contribution in [2.24, 2.45) is 0 Å². The first-order chi connectivity index (χ1) is 13.8. The van der Waals surface area contributed by atoms with E-state index in [4.69, 9.17) is 4.98 Å². The number of rotatable bonds is 3. The van der Waals surface area contributed by atoms with Gasteiger partial charge in [0.1, 0.15) is 6.67 Å². The van der Waals surface area contributed by atoms with Crippen LogP contribution in [-0.4, -0.2) is 11.7 Å². The summed E-state index contributed by atoms with van der Waals surface area (Å²) in [7, 11) is 0. The largest absolute Gasteiger partial charge is 0.320 e. The van der Waals surface area contributed by atoms with Crippen LogP contribution in [-0.2, 0) is 0 Å². The van der Waals surface area contributed by atoms with Crippen LogP contribution in [0.15, 0.2) is 97.2 Å². The van der Waals surface area contributed by atoms with Crippen molar-refractivity contribution in [3.05, 3.63) is 103 Å². The van der Waals surface area contributed by atoms with Crippen molar-refractivity contribution < 1.29 is 0 Å². The molecule has 1 aliphatic heterocycles. The average molecular weight is 363 g/mol. The van der Waals surface area contributed by atoms with Gasteiger partial charge < -0.3 is 9.80 Å². The van der Waals surface area contributed by atoms with Gasteiger partial charge in [0, 0.05) is 23.1 Å². The summed E-state index contributed by atoms with van der Waals surface area (Å²) in [6.07, 6.45) is 1.99. The molecule has 3 nitrogen and oxygen atoms in total. The Balaban J connectivity index is 1.66. The molecule has 0 aliphatic carbocycles. The Labute approximate surface area is 165 Å². The summed E-state index contributed by atoms with van der Waals surface area (Å²) in [5.74, 6) is 0.993. The number of pyridine rings is 1. The molecule has 4 aromatic rings. The van der Waals surface area contributed by atoms with Crippen LogP contribution in [0, 0.1) is 6.92 Å². The van der Waals surface area contributed by atoms with E-state index in [0.29, 0.717) is 0 Å². The molecule has 136 valence electrons. The predicted molar refractivity (Wildman–Crippen MR) is 116 cm³/mol. The molecule has 0 unspecified atom stereocenters. The lowest BCUT2D eigenvalue weighted by atomic mass is 10.0. The van der Waals surface area contributed by atoms with E-state index in [1.54, 1.807) is 0 Å². The Morgan fingerprint density at radius 2 is 1.32 bits per heavy atom. The minimum atomic E-state index is 0.744. The van der Waals surface area contributed by atoms with E-state index in [2.05, 4.69) is 102 Å². The molecule has 0 fully saturated rings. The van der Waals surface area contributed by atoms with Crippen LogP contribution >= 0.6 is 0 Å². The molecule has 1 aliphatic rings. The highest BCUT2D eigenvalue weighted by Crippen LogP contribution is 2.44. The Hall–Kier alpha value is -3.59. The number of hydrogen-bond donors (Lipinski definition) is 0. The molecule has 0 N–H and O–H groups in total. The average Bonchev–Trinajstić information content (AvgIpc) is 3.14. The number of hydrogen-bond acceptors (Lipinski definition) is 3. The molecule has 0 radical (unpaired) electrons. The Morgan fingerprint density at radius 1 is 0.714 bits per heavy atom. The zero-order valence-electron chi connectivity index (χ0n) is 15.8. The third-order valence-electron chi connectivity index (χ3n) is 5.27. The summed E-state index contributed by atoms with van der Waals surface area (Å²) >= 11 is 0. The van der Waals surface area contributed by atoms with Crippen molar-refractivity contribution in [1.29, 1.82) is 0 Å². The van der Waals surface area contributed by atoms with Crippen molar-refractivity contribution in [1.82, 2.24) is 4.98 Å². The molecule has 0 bridgehead atoms. The molecule has 0 saturated heterocycles. The minimum absolute atomic E-state index is 0.744. The number of fused-ring (bicyclic) bond motifs is 1. The zero-order valence-corrected chi connectivity index (χ0v) is 15.8. The smallest absolute Gasteiger partial charge is 0.158 e. The van der Waals surface area contributed by atoms with E-state index >= 15 is 0 Å². The highest BCUT2D eigenvalue weighted by molar-refractivity contribution is 5.87. The summed E-state index contributed by atoms with van der Waals surface area (Å²) < 4.78 is 0. The van der Waals surface area contributed by atoms with E-state index in [0.717, 1.165) is 29.4 Å². The lowest BCUT2D eigenvalue weighted by molar-refractivity contribution is 0.981. The maximum Gasteiger partial charge on any atom is 0.158 e. The molecule has 5 rings (SSSR count). The van der Waals surface area contributed by atoms with Gasteiger partial charge in [-0.15, -0.1) is 0 Å². The molecule has 3 aromatic carbocycles. The van der Waals surface area contributed by atoms with Crippen molar-refractivity contribution in [3.63, 3.8) is 0 Å². The van der Waals surface area contributed by atoms with Crippen molar-refractivity contribution in [2.45, 2.75) is 6.92 Å². The number of benzene rings is 3. The van der Waals surface area contributed by atoms with Crippen LogP contribution in [0.4, 0.5) is 22.9 Å². The molecular weight excluding hydrogens is 342 g/mol. The Bertz CT molecular complexity index is 1110. The van der Waals surface area contributed by atoms with Gasteiger partial charge in [-0.25, -0.2) is 4.98 Å². The van der Waals surface area contributed by atoms with E-state index in [1.165, 1.54) is 16.8 Å². The number of nitrogens with zero attached hydrogens (tertiary/aromatic N) is 3. The summed E-state index contributed by atoms with van der Waals surface area (Å²) in [4.78, 5) is 9.49. The standard InChI is InChI=1S/C25H21N3/c1-19-10-8-9-15-23(19)20-16-24-25(26-17-20)28(22-13-6-3-7-14-22)18-27(24)21-11-4-2-5-12-21/h2-17H,18H2,1H3. The van der Waals surface area contributed by atoms with Crippen LogP contribution < -0.4 is 9.80 Å². The number of aryl methyl sites for hydroxylation is 1. The fourth-order valence-corrected chi connectivity index (χ4v) is 3.82. The van der Waals surface area contributed by atoms with E-state index in [1.807, 2.05) is 12.3 Å². The maximum absolute atomic E-state index is 4.89. The highest BCUT2D eigenvalue weighted by atomic mass is 15.4. The molecule has 2 heterocycles. The summed E-state index contributed by atoms with van der Waals surface area (Å²) in [6, 6.07) is 31.7. The highest BCUT2D eigenvalue weighted by Gasteiger charge is 2.29. The van der Waals surface area contributed by atoms with Crippen LogP contribution in [0.1, 0.15) is 5.56 Å². The van der Waals surface area contributed by atoms with E-state index < -0.39 is 0 Å². The second-order valence-corrected chi connectivity index (χ2v) is 7.05. The molecule has 0 saturated carbocycles. The Morgan fingerprint density at radius 3 is 2.00 bits per heavy atom.